The van der Waals surface area contributed by atoms with Gasteiger partial charge in [-0.15, -0.1) is 0 Å². The predicted molar refractivity (Wildman–Crippen MR) is 163 cm³/mol. The highest BCUT2D eigenvalue weighted by atomic mass is 16.5. The first-order chi connectivity index (χ1) is 20.3. The summed E-state index contributed by atoms with van der Waals surface area (Å²) in [6.45, 7) is 9.52. The van der Waals surface area contributed by atoms with Crippen LogP contribution in [0.1, 0.15) is 99.8 Å². The molecule has 1 aliphatic rings. The molecule has 0 bridgehead atoms. The van der Waals surface area contributed by atoms with Crippen LogP contribution >= 0.6 is 0 Å². The van der Waals surface area contributed by atoms with E-state index in [2.05, 4.69) is 25.6 Å². The van der Waals surface area contributed by atoms with Crippen LogP contribution in [0.4, 0.5) is 4.79 Å². The maximum absolute atomic E-state index is 13.9. The van der Waals surface area contributed by atoms with Crippen molar-refractivity contribution in [3.8, 4) is 0 Å². The summed E-state index contributed by atoms with van der Waals surface area (Å²) >= 11 is 0. The summed E-state index contributed by atoms with van der Waals surface area (Å²) in [7, 11) is 0. The Balaban J connectivity index is 1.64. The number of hydrogen-bond donors (Lipinski definition) is 4. The highest BCUT2D eigenvalue weighted by Gasteiger charge is 2.30. The second-order valence-electron chi connectivity index (χ2n) is 11.6. The minimum atomic E-state index is -0.708. The molecule has 3 heterocycles. The second kappa shape index (κ2) is 14.9. The molecule has 4 rings (SSSR count). The SMILES string of the molecule is CCCc1[nH]c([C@@H](Cc2c[nH]c3ccccc23)NC(=O)[C@H](CC(C)C)NC(=O)N2CCCCCC2)nc1C(=O)OCC. The third kappa shape index (κ3) is 7.92. The Bertz CT molecular complexity index is 1340. The molecule has 228 valence electrons. The molecule has 42 heavy (non-hydrogen) atoms. The van der Waals surface area contributed by atoms with E-state index in [1.54, 1.807) is 6.92 Å². The van der Waals surface area contributed by atoms with E-state index in [1.165, 1.54) is 0 Å². The summed E-state index contributed by atoms with van der Waals surface area (Å²) in [5.74, 6) is -0.0828. The van der Waals surface area contributed by atoms with E-state index in [0.29, 0.717) is 43.9 Å². The van der Waals surface area contributed by atoms with Gasteiger partial charge in [-0.05, 0) is 50.2 Å². The molecule has 3 aromatic rings. The molecule has 2 atom stereocenters. The maximum atomic E-state index is 13.9. The Morgan fingerprint density at radius 2 is 1.79 bits per heavy atom. The van der Waals surface area contributed by atoms with Crippen LogP contribution in [0.3, 0.4) is 0 Å². The van der Waals surface area contributed by atoms with E-state index in [9.17, 15) is 14.4 Å². The summed E-state index contributed by atoms with van der Waals surface area (Å²) < 4.78 is 5.28. The first-order valence-electron chi connectivity index (χ1n) is 15.5. The molecule has 0 spiro atoms. The summed E-state index contributed by atoms with van der Waals surface area (Å²) in [5.41, 5.74) is 2.95. The largest absolute Gasteiger partial charge is 0.461 e. The van der Waals surface area contributed by atoms with Crippen molar-refractivity contribution in [2.24, 2.45) is 5.92 Å². The Kier molecular flexibility index (Phi) is 11.0. The molecule has 1 aromatic carbocycles. The molecule has 2 aromatic heterocycles. The number of imidazole rings is 1. The van der Waals surface area contributed by atoms with Crippen molar-refractivity contribution in [1.82, 2.24) is 30.5 Å². The molecule has 1 saturated heterocycles. The summed E-state index contributed by atoms with van der Waals surface area (Å²) in [5, 5.41) is 7.26. The summed E-state index contributed by atoms with van der Waals surface area (Å²) in [6, 6.07) is 6.53. The molecule has 10 heteroatoms. The molecule has 4 N–H and O–H groups in total. The zero-order valence-electron chi connectivity index (χ0n) is 25.4. The number of hydrogen-bond acceptors (Lipinski definition) is 5. The van der Waals surface area contributed by atoms with Crippen LogP contribution < -0.4 is 10.6 Å². The van der Waals surface area contributed by atoms with Crippen LogP contribution in [0, 0.1) is 5.92 Å². The van der Waals surface area contributed by atoms with Gasteiger partial charge in [0, 0.05) is 42.3 Å². The molecular formula is C32H46N6O4. The van der Waals surface area contributed by atoms with Crippen molar-refractivity contribution in [1.29, 1.82) is 0 Å². The summed E-state index contributed by atoms with van der Waals surface area (Å²) in [4.78, 5) is 53.0. The van der Waals surface area contributed by atoms with Gasteiger partial charge >= 0.3 is 12.0 Å². The van der Waals surface area contributed by atoms with Gasteiger partial charge in [0.1, 0.15) is 11.9 Å². The number of amides is 3. The number of fused-ring (bicyclic) bond motifs is 1. The van der Waals surface area contributed by atoms with Crippen molar-refractivity contribution in [3.05, 3.63) is 53.2 Å². The zero-order valence-corrected chi connectivity index (χ0v) is 25.4. The highest BCUT2D eigenvalue weighted by Crippen LogP contribution is 2.25. The van der Waals surface area contributed by atoms with Gasteiger partial charge in [-0.3, -0.25) is 4.79 Å². The Labute approximate surface area is 248 Å². The predicted octanol–water partition coefficient (Wildman–Crippen LogP) is 5.42. The van der Waals surface area contributed by atoms with E-state index >= 15 is 0 Å². The standard InChI is InChI=1S/C32H46N6O4/c1-5-13-25-28(31(40)42-6-2)37-29(34-25)26(19-22-20-33-24-15-10-9-14-23(22)24)35-30(39)27(18-21(3)4)36-32(41)38-16-11-7-8-12-17-38/h9-10,14-15,20-21,26-27,33H,5-8,11-13,16-19H2,1-4H3,(H,34,37)(H,35,39)(H,36,41)/t26-,27+/m1/s1. The van der Waals surface area contributed by atoms with E-state index in [1.807, 2.05) is 56.1 Å². The van der Waals surface area contributed by atoms with Gasteiger partial charge in [0.15, 0.2) is 5.69 Å². The second-order valence-corrected chi connectivity index (χ2v) is 11.6. The molecule has 0 saturated carbocycles. The van der Waals surface area contributed by atoms with Crippen molar-refractivity contribution in [3.63, 3.8) is 0 Å². The summed E-state index contributed by atoms with van der Waals surface area (Å²) in [6.07, 6.45) is 8.50. The number of esters is 1. The first kappa shape index (κ1) is 31.1. The van der Waals surface area contributed by atoms with E-state index < -0.39 is 18.1 Å². The molecule has 1 aliphatic heterocycles. The molecule has 3 amide bonds. The molecule has 10 nitrogen and oxygen atoms in total. The lowest BCUT2D eigenvalue weighted by atomic mass is 10.0. The quantitative estimate of drug-likeness (QED) is 0.213. The fraction of sp³-hybridized carbons (Fsp3) is 0.562. The van der Waals surface area contributed by atoms with E-state index in [0.717, 1.165) is 48.6 Å². The monoisotopic (exact) mass is 578 g/mol. The van der Waals surface area contributed by atoms with Crippen LogP contribution in [-0.4, -0.2) is 63.5 Å². The fourth-order valence-electron chi connectivity index (χ4n) is 5.62. The number of aryl methyl sites for hydroxylation is 1. The number of aromatic nitrogens is 3. The van der Waals surface area contributed by atoms with Gasteiger partial charge in [0.25, 0.3) is 0 Å². The molecule has 0 unspecified atom stereocenters. The number of aromatic amines is 2. The number of nitrogens with one attached hydrogen (secondary N) is 4. The lowest BCUT2D eigenvalue weighted by Gasteiger charge is -2.27. The van der Waals surface area contributed by atoms with Gasteiger partial charge in [-0.25, -0.2) is 14.6 Å². The average molecular weight is 579 g/mol. The van der Waals surface area contributed by atoms with Crippen molar-refractivity contribution < 1.29 is 19.1 Å². The van der Waals surface area contributed by atoms with Crippen LogP contribution in [0.2, 0.25) is 0 Å². The number of carbonyl (C=O) groups excluding carboxylic acids is 3. The van der Waals surface area contributed by atoms with Gasteiger partial charge in [-0.1, -0.05) is 58.2 Å². The Morgan fingerprint density at radius 1 is 1.05 bits per heavy atom. The zero-order chi connectivity index (χ0) is 30.1. The van der Waals surface area contributed by atoms with Crippen molar-refractivity contribution >= 4 is 28.8 Å². The van der Waals surface area contributed by atoms with Crippen LogP contribution in [-0.2, 0) is 22.4 Å². The lowest BCUT2D eigenvalue weighted by molar-refractivity contribution is -0.124. The van der Waals surface area contributed by atoms with Gasteiger partial charge < -0.3 is 30.2 Å². The number of H-pyrrole nitrogens is 2. The number of likely N-dealkylation sites (tertiary alicyclic amines) is 1. The first-order valence-corrected chi connectivity index (χ1v) is 15.5. The van der Waals surface area contributed by atoms with E-state index in [-0.39, 0.29) is 30.2 Å². The normalized spacial score (nSPS) is 15.3. The van der Waals surface area contributed by atoms with Gasteiger partial charge in [0.2, 0.25) is 5.91 Å². The highest BCUT2D eigenvalue weighted by molar-refractivity contribution is 5.89. The van der Waals surface area contributed by atoms with Gasteiger partial charge in [0.05, 0.1) is 12.6 Å². The molecule has 0 aliphatic carbocycles. The fourth-order valence-corrected chi connectivity index (χ4v) is 5.62. The third-order valence-corrected chi connectivity index (χ3v) is 7.73. The Morgan fingerprint density at radius 3 is 2.48 bits per heavy atom. The van der Waals surface area contributed by atoms with Crippen molar-refractivity contribution in [2.45, 2.75) is 91.1 Å². The molecule has 1 fully saturated rings. The number of benzene rings is 1. The van der Waals surface area contributed by atoms with Gasteiger partial charge in [-0.2, -0.15) is 0 Å². The number of urea groups is 1. The number of nitrogens with zero attached hydrogens (tertiary/aromatic N) is 2. The lowest BCUT2D eigenvalue weighted by Crippen LogP contribution is -2.52. The Hall–Kier alpha value is -3.82. The van der Waals surface area contributed by atoms with Crippen LogP contribution in [0.15, 0.2) is 30.5 Å². The third-order valence-electron chi connectivity index (χ3n) is 7.73. The maximum Gasteiger partial charge on any atom is 0.358 e. The molecule has 0 radical (unpaired) electrons. The van der Waals surface area contributed by atoms with Crippen molar-refractivity contribution in [2.75, 3.05) is 19.7 Å². The number of para-hydroxylation sites is 1. The van der Waals surface area contributed by atoms with Crippen LogP contribution in [0.25, 0.3) is 10.9 Å². The average Bonchev–Trinajstić information content (AvgIpc) is 3.46. The minimum absolute atomic E-state index is 0.187. The van der Waals surface area contributed by atoms with Crippen LogP contribution in [0.5, 0.6) is 0 Å². The number of carbonyl (C=O) groups is 3. The van der Waals surface area contributed by atoms with E-state index in [4.69, 9.17) is 4.74 Å². The topological polar surface area (TPSA) is 132 Å². The number of rotatable bonds is 12. The smallest absolute Gasteiger partial charge is 0.358 e. The molecular weight excluding hydrogens is 532 g/mol. The minimum Gasteiger partial charge on any atom is -0.461 e. The number of ether oxygens (including phenoxy) is 1.